The highest BCUT2D eigenvalue weighted by Gasteiger charge is 2.43. The van der Waals surface area contributed by atoms with Gasteiger partial charge in [0.2, 0.25) is 11.8 Å². The first-order valence-electron chi connectivity index (χ1n) is 14.4. The standard InChI is InChI=1S/C30H43N3O4/c1-19(2)25-9-7-20(3)13-29(35)33-17-21-14-24(26(33)5-4-6-28(34)31-25)18-32(16-21)30(36)23-8-10-27-22(15-23)11-12-37-27/h8,10,15,19-21,24-26H,4-7,9,11-14,16-18H2,1-3H3,(H,31,34)/t20-,21+,24-,25+,26+/m1/s1. The van der Waals surface area contributed by atoms with Crippen LogP contribution in [-0.2, 0) is 16.0 Å². The number of ether oxygens (including phenoxy) is 1. The van der Waals surface area contributed by atoms with Crippen molar-refractivity contribution in [2.24, 2.45) is 23.7 Å². The van der Waals surface area contributed by atoms with Gasteiger partial charge in [-0.05, 0) is 79.5 Å². The van der Waals surface area contributed by atoms with E-state index in [0.717, 1.165) is 61.9 Å². The van der Waals surface area contributed by atoms with Crippen LogP contribution in [0.15, 0.2) is 18.2 Å². The number of rotatable bonds is 2. The maximum Gasteiger partial charge on any atom is 0.253 e. The third kappa shape index (κ3) is 5.80. The lowest BCUT2D eigenvalue weighted by atomic mass is 9.77. The highest BCUT2D eigenvalue weighted by Crippen LogP contribution is 2.37. The van der Waals surface area contributed by atoms with Gasteiger partial charge in [-0.25, -0.2) is 0 Å². The van der Waals surface area contributed by atoms with Crippen molar-refractivity contribution in [1.82, 2.24) is 15.1 Å². The van der Waals surface area contributed by atoms with E-state index in [1.54, 1.807) is 0 Å². The molecule has 7 heteroatoms. The minimum atomic E-state index is 0.0848. The number of fused-ring (bicyclic) bond motifs is 5. The summed E-state index contributed by atoms with van der Waals surface area (Å²) in [6.07, 6.45) is 6.39. The van der Waals surface area contributed by atoms with Crippen molar-refractivity contribution in [1.29, 1.82) is 0 Å². The van der Waals surface area contributed by atoms with Crippen molar-refractivity contribution in [3.05, 3.63) is 29.3 Å². The van der Waals surface area contributed by atoms with E-state index in [1.807, 2.05) is 23.1 Å². The Kier molecular flexibility index (Phi) is 7.77. The number of benzene rings is 1. The van der Waals surface area contributed by atoms with E-state index in [9.17, 15) is 14.4 Å². The van der Waals surface area contributed by atoms with Crippen LogP contribution in [-0.4, -0.2) is 65.8 Å². The third-order valence-corrected chi connectivity index (χ3v) is 9.06. The van der Waals surface area contributed by atoms with E-state index in [2.05, 4.69) is 31.0 Å². The van der Waals surface area contributed by atoms with Gasteiger partial charge in [0.05, 0.1) is 6.61 Å². The Morgan fingerprint density at radius 2 is 1.92 bits per heavy atom. The zero-order valence-electron chi connectivity index (χ0n) is 22.7. The molecule has 1 aromatic rings. The fourth-order valence-electron chi connectivity index (χ4n) is 6.98. The number of carbonyl (C=O) groups is 3. The van der Waals surface area contributed by atoms with E-state index in [4.69, 9.17) is 4.74 Å². The van der Waals surface area contributed by atoms with Gasteiger partial charge < -0.3 is 19.9 Å². The molecule has 7 nitrogen and oxygen atoms in total. The number of hydrogen-bond donors (Lipinski definition) is 1. The Hall–Kier alpha value is -2.57. The second-order valence-corrected chi connectivity index (χ2v) is 12.3. The first kappa shape index (κ1) is 26.1. The number of amides is 3. The lowest BCUT2D eigenvalue weighted by molar-refractivity contribution is -0.141. The summed E-state index contributed by atoms with van der Waals surface area (Å²) in [4.78, 5) is 44.0. The summed E-state index contributed by atoms with van der Waals surface area (Å²) >= 11 is 0. The van der Waals surface area contributed by atoms with Crippen LogP contribution < -0.4 is 10.1 Å². The van der Waals surface area contributed by atoms with E-state index < -0.39 is 0 Å². The lowest BCUT2D eigenvalue weighted by Gasteiger charge is -2.51. The number of hydrogen-bond acceptors (Lipinski definition) is 4. The van der Waals surface area contributed by atoms with Crippen molar-refractivity contribution in [2.45, 2.75) is 84.2 Å². The molecule has 3 fully saturated rings. The molecule has 5 rings (SSSR count). The van der Waals surface area contributed by atoms with Crippen LogP contribution in [0.2, 0.25) is 0 Å². The van der Waals surface area contributed by atoms with Crippen molar-refractivity contribution in [3.8, 4) is 5.75 Å². The molecule has 3 saturated heterocycles. The molecule has 37 heavy (non-hydrogen) atoms. The highest BCUT2D eigenvalue weighted by atomic mass is 16.5. The summed E-state index contributed by atoms with van der Waals surface area (Å²) in [5.41, 5.74) is 1.85. The third-order valence-electron chi connectivity index (χ3n) is 9.06. The molecule has 3 amide bonds. The van der Waals surface area contributed by atoms with Crippen LogP contribution in [0.1, 0.15) is 81.6 Å². The molecule has 1 N–H and O–H groups in total. The molecule has 0 spiro atoms. The summed E-state index contributed by atoms with van der Waals surface area (Å²) in [7, 11) is 0. The molecule has 5 atom stereocenters. The highest BCUT2D eigenvalue weighted by molar-refractivity contribution is 5.94. The Bertz CT molecular complexity index is 1020. The molecule has 0 aliphatic carbocycles. The predicted molar refractivity (Wildman–Crippen MR) is 142 cm³/mol. The first-order chi connectivity index (χ1) is 17.8. The first-order valence-corrected chi connectivity index (χ1v) is 14.4. The molecule has 4 heterocycles. The van der Waals surface area contributed by atoms with E-state index >= 15 is 0 Å². The van der Waals surface area contributed by atoms with Crippen LogP contribution in [0, 0.1) is 23.7 Å². The molecular formula is C30H43N3O4. The zero-order chi connectivity index (χ0) is 26.1. The lowest BCUT2D eigenvalue weighted by Crippen LogP contribution is -2.60. The topological polar surface area (TPSA) is 79.0 Å². The maximum absolute atomic E-state index is 13.6. The van der Waals surface area contributed by atoms with Crippen molar-refractivity contribution < 1.29 is 19.1 Å². The van der Waals surface area contributed by atoms with Crippen LogP contribution in [0.4, 0.5) is 0 Å². The van der Waals surface area contributed by atoms with Crippen molar-refractivity contribution >= 4 is 17.7 Å². The van der Waals surface area contributed by atoms with E-state index in [1.165, 1.54) is 0 Å². The summed E-state index contributed by atoms with van der Waals surface area (Å²) in [6.45, 7) is 9.25. The molecule has 0 saturated carbocycles. The Morgan fingerprint density at radius 1 is 1.08 bits per heavy atom. The normalized spacial score (nSPS) is 30.9. The van der Waals surface area contributed by atoms with Crippen molar-refractivity contribution in [3.63, 3.8) is 0 Å². The predicted octanol–water partition coefficient (Wildman–Crippen LogP) is 4.04. The van der Waals surface area contributed by atoms with Crippen LogP contribution >= 0.6 is 0 Å². The number of piperidine rings is 2. The molecular weight excluding hydrogens is 466 g/mol. The smallest absolute Gasteiger partial charge is 0.253 e. The number of nitrogens with zero attached hydrogens (tertiary/aromatic N) is 2. The van der Waals surface area contributed by atoms with E-state index in [-0.39, 0.29) is 41.6 Å². The average molecular weight is 510 g/mol. The van der Waals surface area contributed by atoms with Gasteiger partial charge in [0.1, 0.15) is 5.75 Å². The molecule has 1 aromatic carbocycles. The van der Waals surface area contributed by atoms with Gasteiger partial charge in [-0.2, -0.15) is 0 Å². The summed E-state index contributed by atoms with van der Waals surface area (Å²) in [5, 5.41) is 3.26. The fourth-order valence-corrected chi connectivity index (χ4v) is 6.98. The second kappa shape index (κ2) is 11.0. The van der Waals surface area contributed by atoms with Gasteiger partial charge >= 0.3 is 0 Å². The van der Waals surface area contributed by atoms with Crippen molar-refractivity contribution in [2.75, 3.05) is 26.2 Å². The SMILES string of the molecule is CC(C)[C@@H]1CC[C@@H](C)CC(=O)N2C[C@H]3C[C@H](CN(C(=O)c4ccc5c(c4)CCO5)C3)[C@@H]2CCCC(=O)N1. The molecule has 4 aliphatic rings. The monoisotopic (exact) mass is 509 g/mol. The largest absolute Gasteiger partial charge is 0.493 e. The minimum absolute atomic E-state index is 0.0848. The molecule has 202 valence electrons. The molecule has 2 bridgehead atoms. The number of carbonyl (C=O) groups excluding carboxylic acids is 3. The molecule has 0 aromatic heterocycles. The quantitative estimate of drug-likeness (QED) is 0.653. The average Bonchev–Trinajstić information content (AvgIpc) is 3.34. The van der Waals surface area contributed by atoms with Gasteiger partial charge in [0.25, 0.3) is 5.91 Å². The Morgan fingerprint density at radius 3 is 2.73 bits per heavy atom. The fraction of sp³-hybridized carbons (Fsp3) is 0.700. The summed E-state index contributed by atoms with van der Waals surface area (Å²) in [5.74, 6) is 2.58. The van der Waals surface area contributed by atoms with Gasteiger partial charge in [-0.15, -0.1) is 0 Å². The zero-order valence-corrected chi connectivity index (χ0v) is 22.7. The Labute approximate surface area is 221 Å². The minimum Gasteiger partial charge on any atom is -0.493 e. The van der Waals surface area contributed by atoms with Crippen LogP contribution in [0.25, 0.3) is 0 Å². The summed E-state index contributed by atoms with van der Waals surface area (Å²) < 4.78 is 5.62. The second-order valence-electron chi connectivity index (χ2n) is 12.3. The van der Waals surface area contributed by atoms with Crippen LogP contribution in [0.5, 0.6) is 5.75 Å². The van der Waals surface area contributed by atoms with Crippen LogP contribution in [0.3, 0.4) is 0 Å². The van der Waals surface area contributed by atoms with Gasteiger partial charge in [0, 0.05) is 56.5 Å². The van der Waals surface area contributed by atoms with Gasteiger partial charge in [0.15, 0.2) is 0 Å². The number of likely N-dealkylation sites (tertiary alicyclic amines) is 1. The number of nitrogens with one attached hydrogen (secondary N) is 1. The molecule has 0 radical (unpaired) electrons. The Balaban J connectivity index is 1.31. The van der Waals surface area contributed by atoms with Gasteiger partial charge in [-0.1, -0.05) is 20.8 Å². The maximum atomic E-state index is 13.6. The molecule has 4 aliphatic heterocycles. The van der Waals surface area contributed by atoms with Gasteiger partial charge in [-0.3, -0.25) is 14.4 Å². The summed E-state index contributed by atoms with van der Waals surface area (Å²) in [6, 6.07) is 6.06. The van der Waals surface area contributed by atoms with E-state index in [0.29, 0.717) is 44.4 Å². The molecule has 0 unspecified atom stereocenters.